The summed E-state index contributed by atoms with van der Waals surface area (Å²) < 4.78 is 0. The number of aryl methyl sites for hydroxylation is 1. The minimum absolute atomic E-state index is 0.727. The van der Waals surface area contributed by atoms with Crippen molar-refractivity contribution in [3.05, 3.63) is 29.8 Å². The summed E-state index contributed by atoms with van der Waals surface area (Å²) in [4.78, 5) is 13.5. The standard InChI is InChI=1S/C9H9NO/c1-2-8-5-3-4-6-9(8)10-7-11/h3-6H,2H2,1H3. The van der Waals surface area contributed by atoms with E-state index in [0.717, 1.165) is 17.7 Å². The third-order valence-corrected chi connectivity index (χ3v) is 1.54. The van der Waals surface area contributed by atoms with Crippen LogP contribution in [0.5, 0.6) is 0 Å². The van der Waals surface area contributed by atoms with Gasteiger partial charge in [0.2, 0.25) is 6.08 Å². The second kappa shape index (κ2) is 3.69. The molecule has 0 N–H and O–H groups in total. The van der Waals surface area contributed by atoms with Gasteiger partial charge < -0.3 is 0 Å². The Labute approximate surface area is 65.6 Å². The molecule has 11 heavy (non-hydrogen) atoms. The summed E-state index contributed by atoms with van der Waals surface area (Å²) in [5.41, 5.74) is 1.81. The van der Waals surface area contributed by atoms with Crippen LogP contribution in [-0.2, 0) is 11.2 Å². The molecule has 0 saturated carbocycles. The topological polar surface area (TPSA) is 29.4 Å². The molecule has 0 aromatic heterocycles. The summed E-state index contributed by atoms with van der Waals surface area (Å²) in [5.74, 6) is 0. The summed E-state index contributed by atoms with van der Waals surface area (Å²) in [6.45, 7) is 2.03. The number of nitrogens with zero attached hydrogens (tertiary/aromatic N) is 1. The van der Waals surface area contributed by atoms with Crippen LogP contribution in [0.2, 0.25) is 0 Å². The van der Waals surface area contributed by atoms with Crippen molar-refractivity contribution in [2.75, 3.05) is 0 Å². The van der Waals surface area contributed by atoms with E-state index >= 15 is 0 Å². The van der Waals surface area contributed by atoms with Crippen molar-refractivity contribution in [1.82, 2.24) is 0 Å². The van der Waals surface area contributed by atoms with Crippen LogP contribution in [0.1, 0.15) is 12.5 Å². The summed E-state index contributed by atoms with van der Waals surface area (Å²) in [6, 6.07) is 7.55. The van der Waals surface area contributed by atoms with Crippen LogP contribution in [0.3, 0.4) is 0 Å². The lowest BCUT2D eigenvalue weighted by Gasteiger charge is -1.97. The van der Waals surface area contributed by atoms with E-state index in [1.807, 2.05) is 31.2 Å². The highest BCUT2D eigenvalue weighted by molar-refractivity contribution is 5.53. The Morgan fingerprint density at radius 1 is 1.45 bits per heavy atom. The number of hydrogen-bond acceptors (Lipinski definition) is 2. The van der Waals surface area contributed by atoms with Gasteiger partial charge >= 0.3 is 0 Å². The molecule has 1 rings (SSSR count). The van der Waals surface area contributed by atoms with Gasteiger partial charge in [0.1, 0.15) is 0 Å². The van der Waals surface area contributed by atoms with Gasteiger partial charge in [-0.15, -0.1) is 0 Å². The second-order valence-corrected chi connectivity index (χ2v) is 2.19. The Morgan fingerprint density at radius 3 is 2.82 bits per heavy atom. The van der Waals surface area contributed by atoms with Crippen LogP contribution in [-0.4, -0.2) is 6.08 Å². The summed E-state index contributed by atoms with van der Waals surface area (Å²) in [7, 11) is 0. The predicted molar refractivity (Wildman–Crippen MR) is 43.6 cm³/mol. The normalized spacial score (nSPS) is 8.82. The van der Waals surface area contributed by atoms with Gasteiger partial charge in [-0.3, -0.25) is 0 Å². The van der Waals surface area contributed by atoms with E-state index in [4.69, 9.17) is 0 Å². The first-order valence-electron chi connectivity index (χ1n) is 3.54. The lowest BCUT2D eigenvalue weighted by Crippen LogP contribution is -1.78. The maximum absolute atomic E-state index is 9.95. The average Bonchev–Trinajstić information content (AvgIpc) is 2.06. The van der Waals surface area contributed by atoms with E-state index in [9.17, 15) is 4.79 Å². The highest BCUT2D eigenvalue weighted by atomic mass is 16.1. The summed E-state index contributed by atoms with van der Waals surface area (Å²) in [5, 5.41) is 0. The molecule has 2 nitrogen and oxygen atoms in total. The van der Waals surface area contributed by atoms with Crippen molar-refractivity contribution in [3.63, 3.8) is 0 Å². The molecule has 0 amide bonds. The lowest BCUT2D eigenvalue weighted by molar-refractivity contribution is 0.565. The van der Waals surface area contributed by atoms with Crippen molar-refractivity contribution in [3.8, 4) is 0 Å². The number of isocyanates is 1. The fourth-order valence-electron chi connectivity index (χ4n) is 0.968. The van der Waals surface area contributed by atoms with E-state index in [-0.39, 0.29) is 0 Å². The molecule has 1 aromatic rings. The Morgan fingerprint density at radius 2 is 2.18 bits per heavy atom. The van der Waals surface area contributed by atoms with E-state index in [2.05, 4.69) is 4.99 Å². The molecule has 2 heteroatoms. The number of rotatable bonds is 2. The van der Waals surface area contributed by atoms with Crippen LogP contribution in [0.25, 0.3) is 0 Å². The Bertz CT molecular complexity index is 287. The van der Waals surface area contributed by atoms with Crippen LogP contribution >= 0.6 is 0 Å². The van der Waals surface area contributed by atoms with Crippen LogP contribution < -0.4 is 0 Å². The summed E-state index contributed by atoms with van der Waals surface area (Å²) >= 11 is 0. The first-order valence-corrected chi connectivity index (χ1v) is 3.54. The van der Waals surface area contributed by atoms with Gasteiger partial charge in [-0.1, -0.05) is 25.1 Å². The monoisotopic (exact) mass is 147 g/mol. The quantitative estimate of drug-likeness (QED) is 0.466. The summed E-state index contributed by atoms with van der Waals surface area (Å²) in [6.07, 6.45) is 2.42. The number of para-hydroxylation sites is 1. The first kappa shape index (κ1) is 7.70. The van der Waals surface area contributed by atoms with Gasteiger partial charge in [-0.05, 0) is 18.1 Å². The SMILES string of the molecule is CCc1ccccc1N=C=O. The second-order valence-electron chi connectivity index (χ2n) is 2.19. The van der Waals surface area contributed by atoms with Gasteiger partial charge in [0, 0.05) is 0 Å². The Hall–Kier alpha value is -1.40. The van der Waals surface area contributed by atoms with Crippen LogP contribution in [0, 0.1) is 0 Å². The zero-order valence-corrected chi connectivity index (χ0v) is 6.37. The lowest BCUT2D eigenvalue weighted by atomic mass is 10.1. The van der Waals surface area contributed by atoms with E-state index in [0.29, 0.717) is 0 Å². The fraction of sp³-hybridized carbons (Fsp3) is 0.222. The molecule has 0 heterocycles. The van der Waals surface area contributed by atoms with Crippen LogP contribution in [0.4, 0.5) is 5.69 Å². The molecule has 0 unspecified atom stereocenters. The van der Waals surface area contributed by atoms with Gasteiger partial charge in [0.25, 0.3) is 0 Å². The molecule has 0 aliphatic carbocycles. The third kappa shape index (κ3) is 1.76. The number of carbonyl (C=O) groups excluding carboxylic acids is 1. The zero-order valence-electron chi connectivity index (χ0n) is 6.37. The average molecular weight is 147 g/mol. The molecule has 56 valence electrons. The highest BCUT2D eigenvalue weighted by Gasteiger charge is 1.94. The van der Waals surface area contributed by atoms with Gasteiger partial charge in [0.05, 0.1) is 5.69 Å². The van der Waals surface area contributed by atoms with E-state index in [1.165, 1.54) is 6.08 Å². The van der Waals surface area contributed by atoms with Crippen LogP contribution in [0.15, 0.2) is 29.3 Å². The molecule has 0 saturated heterocycles. The maximum Gasteiger partial charge on any atom is 0.240 e. The molecule has 0 spiro atoms. The zero-order chi connectivity index (χ0) is 8.10. The highest BCUT2D eigenvalue weighted by Crippen LogP contribution is 2.17. The molecular formula is C9H9NO. The third-order valence-electron chi connectivity index (χ3n) is 1.54. The van der Waals surface area contributed by atoms with E-state index in [1.54, 1.807) is 0 Å². The van der Waals surface area contributed by atoms with Crippen molar-refractivity contribution in [1.29, 1.82) is 0 Å². The first-order chi connectivity index (χ1) is 5.38. The maximum atomic E-state index is 9.95. The van der Waals surface area contributed by atoms with Crippen molar-refractivity contribution < 1.29 is 4.79 Å². The van der Waals surface area contributed by atoms with Crippen molar-refractivity contribution in [2.45, 2.75) is 13.3 Å². The number of hydrogen-bond donors (Lipinski definition) is 0. The predicted octanol–water partition coefficient (Wildman–Crippen LogP) is 2.22. The largest absolute Gasteiger partial charge is 0.240 e. The van der Waals surface area contributed by atoms with Gasteiger partial charge in [-0.2, -0.15) is 4.99 Å². The molecule has 0 aliphatic rings. The van der Waals surface area contributed by atoms with Crippen molar-refractivity contribution in [2.24, 2.45) is 4.99 Å². The molecular weight excluding hydrogens is 138 g/mol. The van der Waals surface area contributed by atoms with E-state index < -0.39 is 0 Å². The van der Waals surface area contributed by atoms with Gasteiger partial charge in [-0.25, -0.2) is 4.79 Å². The number of benzene rings is 1. The fourth-order valence-corrected chi connectivity index (χ4v) is 0.968. The Balaban J connectivity index is 3.11. The smallest absolute Gasteiger partial charge is 0.211 e. The number of aliphatic imine (C=N–C) groups is 1. The minimum Gasteiger partial charge on any atom is -0.211 e. The minimum atomic E-state index is 0.727. The molecule has 0 radical (unpaired) electrons. The van der Waals surface area contributed by atoms with Crippen molar-refractivity contribution >= 4 is 11.8 Å². The molecule has 0 aliphatic heterocycles. The Kier molecular flexibility index (Phi) is 2.59. The van der Waals surface area contributed by atoms with Gasteiger partial charge in [0.15, 0.2) is 0 Å². The molecule has 0 fully saturated rings. The molecule has 0 atom stereocenters. The molecule has 0 bridgehead atoms. The molecule has 1 aromatic carbocycles.